The number of hydrogen-bond acceptors (Lipinski definition) is 6. The highest BCUT2D eigenvalue weighted by Crippen LogP contribution is 2.33. The first-order valence-electron chi connectivity index (χ1n) is 8.38. The fourth-order valence-corrected chi connectivity index (χ4v) is 5.13. The maximum Gasteiger partial charge on any atom is 0.245 e. The Morgan fingerprint density at radius 3 is 2.77 bits per heavy atom. The molecule has 0 aliphatic carbocycles. The summed E-state index contributed by atoms with van der Waals surface area (Å²) >= 11 is 1.57. The summed E-state index contributed by atoms with van der Waals surface area (Å²) in [6.45, 7) is 2.68. The van der Waals surface area contributed by atoms with E-state index in [0.29, 0.717) is 18.5 Å². The highest BCUT2D eigenvalue weighted by molar-refractivity contribution is 7.88. The highest BCUT2D eigenvalue weighted by Gasteiger charge is 2.41. The normalized spacial score (nSPS) is 17.9. The van der Waals surface area contributed by atoms with E-state index in [9.17, 15) is 13.2 Å². The summed E-state index contributed by atoms with van der Waals surface area (Å²) < 4.78 is 27.5. The third-order valence-electron chi connectivity index (χ3n) is 4.60. The van der Waals surface area contributed by atoms with Crippen LogP contribution in [0.2, 0.25) is 0 Å². The average Bonchev–Trinajstić information content (AvgIpc) is 3.19. The second-order valence-electron chi connectivity index (χ2n) is 6.46. The molecule has 142 valence electrons. The fraction of sp³-hybridized carbons (Fsp3) is 0.562. The summed E-state index contributed by atoms with van der Waals surface area (Å²) in [5.41, 5.74) is 1.56. The molecule has 0 saturated carbocycles. The summed E-state index contributed by atoms with van der Waals surface area (Å²) in [6.07, 6.45) is 6.00. The number of aryl methyl sites for hydroxylation is 2. The maximum absolute atomic E-state index is 13.2. The molecule has 1 aliphatic heterocycles. The van der Waals surface area contributed by atoms with Crippen LogP contribution in [0, 0.1) is 0 Å². The van der Waals surface area contributed by atoms with Crippen molar-refractivity contribution in [2.45, 2.75) is 32.4 Å². The van der Waals surface area contributed by atoms with Gasteiger partial charge in [-0.3, -0.25) is 9.48 Å². The van der Waals surface area contributed by atoms with Gasteiger partial charge >= 0.3 is 0 Å². The Morgan fingerprint density at radius 1 is 1.42 bits per heavy atom. The molecule has 0 fully saturated rings. The van der Waals surface area contributed by atoms with Gasteiger partial charge in [0.1, 0.15) is 11.0 Å². The van der Waals surface area contributed by atoms with E-state index >= 15 is 0 Å². The van der Waals surface area contributed by atoms with Gasteiger partial charge in [-0.05, 0) is 6.42 Å². The van der Waals surface area contributed by atoms with Crippen molar-refractivity contribution in [3.63, 3.8) is 0 Å². The van der Waals surface area contributed by atoms with Crippen LogP contribution in [0.4, 0.5) is 0 Å². The first kappa shape index (κ1) is 19.0. The molecule has 26 heavy (non-hydrogen) atoms. The third-order valence-corrected chi connectivity index (χ3v) is 6.98. The third kappa shape index (κ3) is 3.53. The number of carbonyl (C=O) groups is 1. The molecule has 0 N–H and O–H groups in total. The molecule has 0 spiro atoms. The Bertz CT molecular complexity index is 918. The zero-order valence-corrected chi connectivity index (χ0v) is 17.0. The molecular formula is C16H23N5O3S2. The molecular weight excluding hydrogens is 374 g/mol. The monoisotopic (exact) mass is 397 g/mol. The Morgan fingerprint density at radius 2 is 2.15 bits per heavy atom. The first-order valence-corrected chi connectivity index (χ1v) is 11.0. The second-order valence-corrected chi connectivity index (χ2v) is 9.60. The number of rotatable bonds is 5. The molecule has 2 aromatic heterocycles. The van der Waals surface area contributed by atoms with Crippen LogP contribution in [0.25, 0.3) is 0 Å². The highest BCUT2D eigenvalue weighted by atomic mass is 32.2. The lowest BCUT2D eigenvalue weighted by Gasteiger charge is -2.34. The van der Waals surface area contributed by atoms with E-state index in [0.717, 1.165) is 28.3 Å². The fourth-order valence-electron chi connectivity index (χ4n) is 3.20. The minimum absolute atomic E-state index is 0.266. The zero-order valence-electron chi connectivity index (χ0n) is 15.3. The Balaban J connectivity index is 1.90. The van der Waals surface area contributed by atoms with Gasteiger partial charge < -0.3 is 4.90 Å². The first-order chi connectivity index (χ1) is 12.2. The van der Waals surface area contributed by atoms with E-state index in [1.54, 1.807) is 34.2 Å². The van der Waals surface area contributed by atoms with E-state index < -0.39 is 16.1 Å². The van der Waals surface area contributed by atoms with Gasteiger partial charge in [-0.2, -0.15) is 9.40 Å². The van der Waals surface area contributed by atoms with Crippen LogP contribution in [0.15, 0.2) is 12.4 Å². The van der Waals surface area contributed by atoms with Gasteiger partial charge in [0, 0.05) is 49.4 Å². The van der Waals surface area contributed by atoms with Crippen molar-refractivity contribution in [2.75, 3.05) is 19.8 Å². The Hall–Kier alpha value is -1.78. The molecule has 3 heterocycles. The molecule has 1 atom stereocenters. The number of likely N-dealkylation sites (N-methyl/N-ethyl adjacent to an activating group) is 1. The quantitative estimate of drug-likeness (QED) is 0.750. The van der Waals surface area contributed by atoms with Gasteiger partial charge in [-0.1, -0.05) is 6.92 Å². The average molecular weight is 398 g/mol. The Kier molecular flexibility index (Phi) is 5.18. The lowest BCUT2D eigenvalue weighted by molar-refractivity contribution is -0.135. The van der Waals surface area contributed by atoms with Crippen molar-refractivity contribution >= 4 is 27.3 Å². The summed E-state index contributed by atoms with van der Waals surface area (Å²) in [5, 5.41) is 5.06. The number of aromatic nitrogens is 3. The van der Waals surface area contributed by atoms with Crippen LogP contribution in [0.5, 0.6) is 0 Å². The lowest BCUT2D eigenvalue weighted by Crippen LogP contribution is -2.47. The second kappa shape index (κ2) is 7.09. The van der Waals surface area contributed by atoms with Gasteiger partial charge in [0.05, 0.1) is 19.0 Å². The van der Waals surface area contributed by atoms with Crippen molar-refractivity contribution in [3.05, 3.63) is 33.5 Å². The van der Waals surface area contributed by atoms with Crippen molar-refractivity contribution in [2.24, 2.45) is 7.05 Å². The van der Waals surface area contributed by atoms with Crippen molar-refractivity contribution in [1.29, 1.82) is 0 Å². The van der Waals surface area contributed by atoms with E-state index in [4.69, 9.17) is 0 Å². The van der Waals surface area contributed by atoms with Crippen LogP contribution < -0.4 is 0 Å². The molecule has 3 rings (SSSR count). The molecule has 1 aliphatic rings. The summed E-state index contributed by atoms with van der Waals surface area (Å²) in [7, 11) is -0.0354. The molecule has 2 aromatic rings. The number of nitrogens with zero attached hydrogens (tertiary/aromatic N) is 5. The van der Waals surface area contributed by atoms with Gasteiger partial charge in [0.15, 0.2) is 0 Å². The molecule has 0 bridgehead atoms. The smallest absolute Gasteiger partial charge is 0.245 e. The number of hydrogen-bond donors (Lipinski definition) is 0. The van der Waals surface area contributed by atoms with Crippen LogP contribution in [0.1, 0.15) is 34.1 Å². The van der Waals surface area contributed by atoms with Gasteiger partial charge in [-0.15, -0.1) is 11.3 Å². The predicted molar refractivity (Wildman–Crippen MR) is 99.2 cm³/mol. The number of thiazole rings is 1. The van der Waals surface area contributed by atoms with E-state index in [1.807, 2.05) is 13.2 Å². The molecule has 0 radical (unpaired) electrons. The molecule has 0 saturated heterocycles. The summed E-state index contributed by atoms with van der Waals surface area (Å²) in [4.78, 5) is 20.2. The zero-order chi connectivity index (χ0) is 19.1. The van der Waals surface area contributed by atoms with Gasteiger partial charge in [-0.25, -0.2) is 13.4 Å². The van der Waals surface area contributed by atoms with Crippen LogP contribution >= 0.6 is 11.3 Å². The van der Waals surface area contributed by atoms with E-state index in [1.165, 1.54) is 4.31 Å². The van der Waals surface area contributed by atoms with Gasteiger partial charge in [0.2, 0.25) is 15.9 Å². The largest absolute Gasteiger partial charge is 0.337 e. The number of carbonyl (C=O) groups excluding carboxylic acids is 1. The van der Waals surface area contributed by atoms with Gasteiger partial charge in [0.25, 0.3) is 0 Å². The van der Waals surface area contributed by atoms with Crippen LogP contribution in [0.3, 0.4) is 0 Å². The Labute approximate surface area is 157 Å². The lowest BCUT2D eigenvalue weighted by atomic mass is 10.0. The number of amides is 1. The van der Waals surface area contributed by atoms with E-state index in [-0.39, 0.29) is 12.5 Å². The SMILES string of the molecule is CCc1cnc(CN(C)C(=O)C2c3cnn(C)c3CCN2S(C)(=O)=O)s1. The maximum atomic E-state index is 13.2. The van der Waals surface area contributed by atoms with Crippen LogP contribution in [-0.2, 0) is 41.3 Å². The molecule has 1 unspecified atom stereocenters. The predicted octanol–water partition coefficient (Wildman–Crippen LogP) is 0.956. The summed E-state index contributed by atoms with van der Waals surface area (Å²) in [6, 6.07) is -0.877. The number of fused-ring (bicyclic) bond motifs is 1. The topological polar surface area (TPSA) is 88.4 Å². The molecule has 10 heteroatoms. The molecule has 0 aromatic carbocycles. The minimum Gasteiger partial charge on any atom is -0.337 e. The van der Waals surface area contributed by atoms with Crippen molar-refractivity contribution in [1.82, 2.24) is 24.0 Å². The van der Waals surface area contributed by atoms with Crippen molar-refractivity contribution < 1.29 is 13.2 Å². The minimum atomic E-state index is -3.52. The summed E-state index contributed by atoms with van der Waals surface area (Å²) in [5.74, 6) is -0.266. The standard InChI is InChI=1S/C16H23N5O3S2/c1-5-11-8-17-14(25-11)10-19(2)16(22)15-12-9-18-20(3)13(12)6-7-21(15)26(4,23)24/h8-9,15H,5-7,10H2,1-4H3. The molecule has 1 amide bonds. The number of sulfonamides is 1. The van der Waals surface area contributed by atoms with E-state index in [2.05, 4.69) is 17.0 Å². The molecule has 8 nitrogen and oxygen atoms in total. The van der Waals surface area contributed by atoms with Crippen molar-refractivity contribution in [3.8, 4) is 0 Å². The van der Waals surface area contributed by atoms with Crippen LogP contribution in [-0.4, -0.2) is 58.1 Å².